The van der Waals surface area contributed by atoms with Crippen LogP contribution in [-0.4, -0.2) is 26.7 Å². The van der Waals surface area contributed by atoms with Crippen LogP contribution in [0.15, 0.2) is 48.1 Å². The Morgan fingerprint density at radius 1 is 1.32 bits per heavy atom. The zero-order valence-corrected chi connectivity index (χ0v) is 13.0. The number of amides is 1. The number of nitrogens with zero attached hydrogens (tertiary/aromatic N) is 3. The summed E-state index contributed by atoms with van der Waals surface area (Å²) in [5.74, 6) is 0.224. The fourth-order valence-corrected chi connectivity index (χ4v) is 3.97. The van der Waals surface area contributed by atoms with E-state index in [1.807, 2.05) is 46.9 Å². The van der Waals surface area contributed by atoms with Gasteiger partial charge >= 0.3 is 0 Å². The summed E-state index contributed by atoms with van der Waals surface area (Å²) in [5.41, 5.74) is 2.10. The highest BCUT2D eigenvalue weighted by atomic mass is 32.1. The van der Waals surface area contributed by atoms with Gasteiger partial charge in [0.15, 0.2) is 0 Å². The third kappa shape index (κ3) is 2.31. The molecule has 1 aliphatic heterocycles. The molecule has 4 heterocycles. The number of hydrogen-bond acceptors (Lipinski definition) is 3. The highest BCUT2D eigenvalue weighted by Gasteiger charge is 2.31. The van der Waals surface area contributed by atoms with Crippen molar-refractivity contribution < 1.29 is 4.79 Å². The van der Waals surface area contributed by atoms with Crippen molar-refractivity contribution in [3.63, 3.8) is 0 Å². The van der Waals surface area contributed by atoms with E-state index in [1.54, 1.807) is 11.3 Å². The third-order valence-electron chi connectivity index (χ3n) is 4.28. The summed E-state index contributed by atoms with van der Waals surface area (Å²) < 4.78 is 2.10. The Morgan fingerprint density at radius 2 is 2.27 bits per heavy atom. The molecule has 0 aliphatic carbocycles. The van der Waals surface area contributed by atoms with Gasteiger partial charge in [-0.3, -0.25) is 4.79 Å². The molecule has 22 heavy (non-hydrogen) atoms. The quantitative estimate of drug-likeness (QED) is 0.744. The zero-order valence-electron chi connectivity index (χ0n) is 12.2. The van der Waals surface area contributed by atoms with E-state index in [4.69, 9.17) is 0 Å². The molecule has 0 bridgehead atoms. The molecule has 1 aliphatic rings. The number of carbonyl (C=O) groups excluding carboxylic acids is 1. The minimum absolute atomic E-state index is 0.158. The van der Waals surface area contributed by atoms with Crippen molar-refractivity contribution in [3.05, 3.63) is 58.7 Å². The molecular formula is C17H17N3OS. The Morgan fingerprint density at radius 3 is 3.14 bits per heavy atom. The number of rotatable bonds is 3. The molecule has 0 N–H and O–H groups in total. The van der Waals surface area contributed by atoms with Crippen molar-refractivity contribution in [1.82, 2.24) is 14.3 Å². The maximum atomic E-state index is 12.7. The van der Waals surface area contributed by atoms with Crippen LogP contribution in [0.2, 0.25) is 0 Å². The van der Waals surface area contributed by atoms with Crippen LogP contribution in [0.5, 0.6) is 0 Å². The van der Waals surface area contributed by atoms with Crippen LogP contribution >= 0.6 is 11.3 Å². The van der Waals surface area contributed by atoms with Gasteiger partial charge in [0.1, 0.15) is 5.65 Å². The van der Waals surface area contributed by atoms with Crippen molar-refractivity contribution in [3.8, 4) is 0 Å². The van der Waals surface area contributed by atoms with Crippen molar-refractivity contribution in [1.29, 1.82) is 0 Å². The maximum Gasteiger partial charge on any atom is 0.228 e. The summed E-state index contributed by atoms with van der Waals surface area (Å²) in [5, 5.41) is 2.02. The predicted octanol–water partition coefficient (Wildman–Crippen LogP) is 3.30. The summed E-state index contributed by atoms with van der Waals surface area (Å²) in [6.07, 6.45) is 6.38. The molecule has 0 radical (unpaired) electrons. The monoisotopic (exact) mass is 311 g/mol. The molecular weight excluding hydrogens is 294 g/mol. The van der Waals surface area contributed by atoms with Crippen LogP contribution in [-0.2, 0) is 11.2 Å². The van der Waals surface area contributed by atoms with Gasteiger partial charge in [0.25, 0.3) is 0 Å². The lowest BCUT2D eigenvalue weighted by atomic mass is 10.1. The second-order valence-corrected chi connectivity index (χ2v) is 6.64. The summed E-state index contributed by atoms with van der Waals surface area (Å²) in [6.45, 7) is 0.847. The fourth-order valence-electron chi connectivity index (χ4n) is 3.28. The second kappa shape index (κ2) is 5.57. The van der Waals surface area contributed by atoms with Crippen molar-refractivity contribution in [2.45, 2.75) is 25.3 Å². The lowest BCUT2D eigenvalue weighted by Gasteiger charge is -2.25. The topological polar surface area (TPSA) is 37.6 Å². The molecule has 112 valence electrons. The van der Waals surface area contributed by atoms with Gasteiger partial charge in [0.05, 0.1) is 12.5 Å². The molecule has 1 fully saturated rings. The molecule has 4 rings (SSSR count). The molecule has 0 aromatic carbocycles. The highest BCUT2D eigenvalue weighted by molar-refractivity contribution is 7.10. The molecule has 4 nitrogen and oxygen atoms in total. The smallest absolute Gasteiger partial charge is 0.228 e. The summed E-state index contributed by atoms with van der Waals surface area (Å²) in [6, 6.07) is 10.3. The SMILES string of the molecule is O=C(Cc1cccs1)N1CCCC1c1cccc2nccn12. The first-order chi connectivity index (χ1) is 10.8. The predicted molar refractivity (Wildman–Crippen MR) is 86.9 cm³/mol. The lowest BCUT2D eigenvalue weighted by molar-refractivity contribution is -0.131. The van der Waals surface area contributed by atoms with Crippen LogP contribution in [0.25, 0.3) is 5.65 Å². The molecule has 5 heteroatoms. The van der Waals surface area contributed by atoms with E-state index in [-0.39, 0.29) is 11.9 Å². The van der Waals surface area contributed by atoms with Gasteiger partial charge in [-0.25, -0.2) is 4.98 Å². The number of hydrogen-bond donors (Lipinski definition) is 0. The largest absolute Gasteiger partial charge is 0.334 e. The van der Waals surface area contributed by atoms with Crippen LogP contribution in [0.3, 0.4) is 0 Å². The number of imidazole rings is 1. The van der Waals surface area contributed by atoms with Gasteiger partial charge in [-0.2, -0.15) is 0 Å². The van der Waals surface area contributed by atoms with E-state index in [2.05, 4.69) is 15.5 Å². The summed E-state index contributed by atoms with van der Waals surface area (Å²) in [4.78, 5) is 20.2. The van der Waals surface area contributed by atoms with Gasteiger partial charge in [0.2, 0.25) is 5.91 Å². The first-order valence-electron chi connectivity index (χ1n) is 7.57. The van der Waals surface area contributed by atoms with E-state index >= 15 is 0 Å². The molecule has 0 saturated carbocycles. The zero-order chi connectivity index (χ0) is 14.9. The fraction of sp³-hybridized carbons (Fsp3) is 0.294. The molecule has 0 spiro atoms. The third-order valence-corrected chi connectivity index (χ3v) is 5.16. The number of carbonyl (C=O) groups is 1. The highest BCUT2D eigenvalue weighted by Crippen LogP contribution is 2.32. The lowest BCUT2D eigenvalue weighted by Crippen LogP contribution is -2.32. The molecule has 1 unspecified atom stereocenters. The van der Waals surface area contributed by atoms with Crippen molar-refractivity contribution in [2.75, 3.05) is 6.54 Å². The average molecular weight is 311 g/mol. The number of likely N-dealkylation sites (tertiary alicyclic amines) is 1. The molecule has 1 atom stereocenters. The number of fused-ring (bicyclic) bond motifs is 1. The van der Waals surface area contributed by atoms with Crippen LogP contribution in [0.4, 0.5) is 0 Å². The van der Waals surface area contributed by atoms with Gasteiger partial charge in [-0.1, -0.05) is 12.1 Å². The normalized spacial score (nSPS) is 18.2. The Bertz CT molecular complexity index is 793. The van der Waals surface area contributed by atoms with Crippen LogP contribution in [0.1, 0.15) is 29.5 Å². The van der Waals surface area contributed by atoms with Crippen molar-refractivity contribution in [2.24, 2.45) is 0 Å². The van der Waals surface area contributed by atoms with E-state index in [0.29, 0.717) is 6.42 Å². The number of aromatic nitrogens is 2. The minimum atomic E-state index is 0.158. The molecule has 3 aromatic heterocycles. The van der Waals surface area contributed by atoms with Gasteiger partial charge in [-0.15, -0.1) is 11.3 Å². The van der Waals surface area contributed by atoms with Crippen molar-refractivity contribution >= 4 is 22.9 Å². The van der Waals surface area contributed by atoms with Gasteiger partial charge in [-0.05, 0) is 36.4 Å². The number of thiophene rings is 1. The van der Waals surface area contributed by atoms with Crippen LogP contribution < -0.4 is 0 Å². The van der Waals surface area contributed by atoms with Gasteiger partial charge in [0, 0.05) is 29.5 Å². The Labute approximate surface area is 133 Å². The Kier molecular flexibility index (Phi) is 3.42. The summed E-state index contributed by atoms with van der Waals surface area (Å²) >= 11 is 1.65. The average Bonchev–Trinajstić information content (AvgIpc) is 3.27. The minimum Gasteiger partial charge on any atom is -0.334 e. The Hall–Kier alpha value is -2.14. The van der Waals surface area contributed by atoms with Gasteiger partial charge < -0.3 is 9.30 Å². The standard InChI is InChI=1S/C17H17N3OS/c21-17(12-13-4-3-11-22-13)20-9-2-6-15(20)14-5-1-7-16-18-8-10-19(14)16/h1,3-5,7-8,10-11,15H,2,6,9,12H2. The van der Waals surface area contributed by atoms with E-state index < -0.39 is 0 Å². The second-order valence-electron chi connectivity index (χ2n) is 5.61. The Balaban J connectivity index is 1.63. The maximum absolute atomic E-state index is 12.7. The number of pyridine rings is 1. The van der Waals surface area contributed by atoms with E-state index in [1.165, 1.54) is 0 Å². The van der Waals surface area contributed by atoms with E-state index in [9.17, 15) is 4.79 Å². The first kappa shape index (κ1) is 13.5. The van der Waals surface area contributed by atoms with E-state index in [0.717, 1.165) is 35.6 Å². The summed E-state index contributed by atoms with van der Waals surface area (Å²) in [7, 11) is 0. The molecule has 1 amide bonds. The molecule has 1 saturated heterocycles. The first-order valence-corrected chi connectivity index (χ1v) is 8.45. The molecule has 3 aromatic rings. The van der Waals surface area contributed by atoms with Crippen LogP contribution in [0, 0.1) is 0 Å².